The van der Waals surface area contributed by atoms with Gasteiger partial charge in [0.05, 0.1) is 26.5 Å². The standard InChI is InChI=1S/C16H7BrCl2N2OS/c17-9-2-4-14-12(6-9)21-16(23-14)15-20-7-13(22-15)8-1-3-10(18)11(19)5-8/h1-7H. The summed E-state index contributed by atoms with van der Waals surface area (Å²) in [4.78, 5) is 8.89. The molecule has 0 saturated heterocycles. The van der Waals surface area contributed by atoms with Gasteiger partial charge in [0.1, 0.15) is 0 Å². The highest BCUT2D eigenvalue weighted by Crippen LogP contribution is 2.34. The van der Waals surface area contributed by atoms with E-state index in [1.165, 1.54) is 11.3 Å². The van der Waals surface area contributed by atoms with Gasteiger partial charge in [-0.3, -0.25) is 0 Å². The van der Waals surface area contributed by atoms with Crippen LogP contribution in [0.1, 0.15) is 0 Å². The van der Waals surface area contributed by atoms with Crippen molar-refractivity contribution in [2.75, 3.05) is 0 Å². The second-order valence-corrected chi connectivity index (χ2v) is 7.55. The second-order valence-electron chi connectivity index (χ2n) is 4.79. The van der Waals surface area contributed by atoms with Crippen LogP contribution in [-0.4, -0.2) is 9.97 Å². The molecule has 0 radical (unpaired) electrons. The van der Waals surface area contributed by atoms with Crippen molar-refractivity contribution in [3.05, 3.63) is 57.1 Å². The van der Waals surface area contributed by atoms with E-state index in [9.17, 15) is 0 Å². The Kier molecular flexibility index (Phi) is 3.89. The number of fused-ring (bicyclic) bond motifs is 1. The number of thiazole rings is 1. The van der Waals surface area contributed by atoms with Gasteiger partial charge in [0.15, 0.2) is 10.8 Å². The van der Waals surface area contributed by atoms with Crippen molar-refractivity contribution in [1.82, 2.24) is 9.97 Å². The first-order valence-electron chi connectivity index (χ1n) is 6.58. The molecule has 0 saturated carbocycles. The van der Waals surface area contributed by atoms with E-state index >= 15 is 0 Å². The van der Waals surface area contributed by atoms with Crippen molar-refractivity contribution in [2.24, 2.45) is 0 Å². The predicted octanol–water partition coefficient (Wildman–Crippen LogP) is 6.69. The van der Waals surface area contributed by atoms with Crippen LogP contribution in [0.2, 0.25) is 10.0 Å². The Morgan fingerprint density at radius 2 is 1.91 bits per heavy atom. The quantitative estimate of drug-likeness (QED) is 0.359. The summed E-state index contributed by atoms with van der Waals surface area (Å²) in [5, 5.41) is 1.73. The largest absolute Gasteiger partial charge is 0.434 e. The maximum atomic E-state index is 6.05. The number of aromatic nitrogens is 2. The van der Waals surface area contributed by atoms with Crippen LogP contribution >= 0.6 is 50.5 Å². The molecule has 114 valence electrons. The lowest BCUT2D eigenvalue weighted by atomic mass is 10.2. The van der Waals surface area contributed by atoms with Gasteiger partial charge in [0, 0.05) is 10.0 Å². The van der Waals surface area contributed by atoms with Gasteiger partial charge in [-0.05, 0) is 36.4 Å². The van der Waals surface area contributed by atoms with Crippen molar-refractivity contribution in [1.29, 1.82) is 0 Å². The van der Waals surface area contributed by atoms with E-state index in [1.54, 1.807) is 18.3 Å². The first-order chi connectivity index (χ1) is 11.1. The molecule has 3 nitrogen and oxygen atoms in total. The normalized spacial score (nSPS) is 11.3. The summed E-state index contributed by atoms with van der Waals surface area (Å²) in [7, 11) is 0. The summed E-state index contributed by atoms with van der Waals surface area (Å²) < 4.78 is 7.91. The van der Waals surface area contributed by atoms with Gasteiger partial charge in [0.25, 0.3) is 5.89 Å². The van der Waals surface area contributed by atoms with Crippen LogP contribution in [0.4, 0.5) is 0 Å². The minimum Gasteiger partial charge on any atom is -0.434 e. The highest BCUT2D eigenvalue weighted by molar-refractivity contribution is 9.10. The van der Waals surface area contributed by atoms with Gasteiger partial charge in [-0.1, -0.05) is 39.1 Å². The molecule has 0 aliphatic heterocycles. The number of halogens is 3. The number of benzene rings is 2. The number of hydrogen-bond acceptors (Lipinski definition) is 4. The molecule has 2 aromatic carbocycles. The van der Waals surface area contributed by atoms with Crippen LogP contribution < -0.4 is 0 Å². The lowest BCUT2D eigenvalue weighted by Crippen LogP contribution is -1.75. The van der Waals surface area contributed by atoms with Crippen LogP contribution in [0, 0.1) is 0 Å². The van der Waals surface area contributed by atoms with Crippen LogP contribution in [0.3, 0.4) is 0 Å². The third-order valence-electron chi connectivity index (χ3n) is 3.24. The summed E-state index contributed by atoms with van der Waals surface area (Å²) >= 11 is 17.0. The van der Waals surface area contributed by atoms with Crippen LogP contribution in [-0.2, 0) is 0 Å². The Morgan fingerprint density at radius 1 is 1.04 bits per heavy atom. The van der Waals surface area contributed by atoms with Crippen molar-refractivity contribution in [3.8, 4) is 22.2 Å². The zero-order chi connectivity index (χ0) is 16.0. The fraction of sp³-hybridized carbons (Fsp3) is 0. The van der Waals surface area contributed by atoms with E-state index in [4.69, 9.17) is 27.6 Å². The third kappa shape index (κ3) is 2.90. The first kappa shape index (κ1) is 15.1. The van der Waals surface area contributed by atoms with E-state index < -0.39 is 0 Å². The molecule has 0 amide bonds. The van der Waals surface area contributed by atoms with Gasteiger partial charge >= 0.3 is 0 Å². The fourth-order valence-electron chi connectivity index (χ4n) is 2.15. The highest BCUT2D eigenvalue weighted by atomic mass is 79.9. The summed E-state index contributed by atoms with van der Waals surface area (Å²) in [6.45, 7) is 0. The maximum Gasteiger partial charge on any atom is 0.256 e. The molecule has 0 fully saturated rings. The molecule has 0 unspecified atom stereocenters. The van der Waals surface area contributed by atoms with Crippen molar-refractivity contribution in [2.45, 2.75) is 0 Å². The van der Waals surface area contributed by atoms with E-state index in [0.29, 0.717) is 21.7 Å². The minimum atomic E-state index is 0.479. The van der Waals surface area contributed by atoms with Gasteiger partial charge in [0.2, 0.25) is 0 Å². The maximum absolute atomic E-state index is 6.05. The lowest BCUT2D eigenvalue weighted by Gasteiger charge is -1.98. The molecule has 23 heavy (non-hydrogen) atoms. The molecule has 4 rings (SSSR count). The molecule has 0 bridgehead atoms. The molecule has 2 heterocycles. The molecule has 0 aliphatic carbocycles. The van der Waals surface area contributed by atoms with Crippen LogP contribution in [0.25, 0.3) is 32.4 Å². The number of nitrogens with zero attached hydrogens (tertiary/aromatic N) is 2. The van der Waals surface area contributed by atoms with Gasteiger partial charge in [-0.25, -0.2) is 9.97 Å². The monoisotopic (exact) mass is 424 g/mol. The van der Waals surface area contributed by atoms with Gasteiger partial charge in [-0.2, -0.15) is 0 Å². The molecule has 4 aromatic rings. The van der Waals surface area contributed by atoms with Crippen LogP contribution in [0.5, 0.6) is 0 Å². The highest BCUT2D eigenvalue weighted by Gasteiger charge is 2.14. The molecule has 2 aromatic heterocycles. The smallest absolute Gasteiger partial charge is 0.256 e. The Morgan fingerprint density at radius 3 is 2.74 bits per heavy atom. The predicted molar refractivity (Wildman–Crippen MR) is 98.3 cm³/mol. The summed E-state index contributed by atoms with van der Waals surface area (Å²) in [6.07, 6.45) is 1.66. The molecule has 0 spiro atoms. The molecule has 0 aliphatic rings. The minimum absolute atomic E-state index is 0.479. The van der Waals surface area contributed by atoms with E-state index in [-0.39, 0.29) is 0 Å². The number of oxazole rings is 1. The van der Waals surface area contributed by atoms with E-state index in [1.807, 2.05) is 24.3 Å². The van der Waals surface area contributed by atoms with E-state index in [2.05, 4.69) is 25.9 Å². The first-order valence-corrected chi connectivity index (χ1v) is 8.94. The Hall–Kier alpha value is -1.40. The topological polar surface area (TPSA) is 38.9 Å². The Labute approximate surface area is 154 Å². The second kappa shape index (κ2) is 5.91. The lowest BCUT2D eigenvalue weighted by molar-refractivity contribution is 0.588. The average Bonchev–Trinajstić information content (AvgIpc) is 3.15. The zero-order valence-corrected chi connectivity index (χ0v) is 15.3. The third-order valence-corrected chi connectivity index (χ3v) is 5.50. The van der Waals surface area contributed by atoms with Crippen molar-refractivity contribution < 1.29 is 4.42 Å². The summed E-state index contributed by atoms with van der Waals surface area (Å²) in [5.41, 5.74) is 1.73. The summed E-state index contributed by atoms with van der Waals surface area (Å²) in [6, 6.07) is 11.3. The Bertz CT molecular complexity index is 1030. The average molecular weight is 426 g/mol. The molecular formula is C16H7BrCl2N2OS. The van der Waals surface area contributed by atoms with Crippen LogP contribution in [0.15, 0.2) is 51.5 Å². The van der Waals surface area contributed by atoms with Crippen molar-refractivity contribution >= 4 is 60.7 Å². The molecule has 0 N–H and O–H groups in total. The SMILES string of the molecule is Clc1ccc(-c2cnc(-c3nc4cc(Br)ccc4s3)o2)cc1Cl. The number of rotatable bonds is 2. The van der Waals surface area contributed by atoms with Gasteiger partial charge in [-0.15, -0.1) is 11.3 Å². The summed E-state index contributed by atoms with van der Waals surface area (Å²) in [5.74, 6) is 1.11. The van der Waals surface area contributed by atoms with Gasteiger partial charge < -0.3 is 4.42 Å². The molecule has 7 heteroatoms. The molecular weight excluding hydrogens is 419 g/mol. The molecule has 0 atom stereocenters. The Balaban J connectivity index is 1.75. The van der Waals surface area contributed by atoms with E-state index in [0.717, 1.165) is 25.3 Å². The number of hydrogen-bond donors (Lipinski definition) is 0. The van der Waals surface area contributed by atoms with Crippen molar-refractivity contribution in [3.63, 3.8) is 0 Å². The fourth-order valence-corrected chi connectivity index (χ4v) is 3.67. The zero-order valence-electron chi connectivity index (χ0n) is 11.4.